The molecular formula is C32H45N3O5S. The van der Waals surface area contributed by atoms with Gasteiger partial charge >= 0.3 is 0 Å². The molecule has 3 saturated heterocycles. The number of aliphatic hydroxyl groups excluding tert-OH is 1. The van der Waals surface area contributed by atoms with Crippen LogP contribution in [0, 0.1) is 11.8 Å². The maximum absolute atomic E-state index is 14.6. The SMILES string of the molecule is C=CCN(C(=O)[C@H]1[C@H]2C(=O)N([C@@H](CC)CO)C(C(=O)N(CC=C)C(C)C)C23CC[C@]1(C)S3)c1ccc(OCC)cc1. The molecule has 41 heavy (non-hydrogen) atoms. The van der Waals surface area contributed by atoms with Gasteiger partial charge in [0.05, 0.1) is 35.8 Å². The summed E-state index contributed by atoms with van der Waals surface area (Å²) in [4.78, 5) is 48.5. The number of hydrogen-bond acceptors (Lipinski definition) is 6. The van der Waals surface area contributed by atoms with Gasteiger partial charge in [0.25, 0.3) is 0 Å². The van der Waals surface area contributed by atoms with Gasteiger partial charge in [0.15, 0.2) is 0 Å². The van der Waals surface area contributed by atoms with Gasteiger partial charge in [0.1, 0.15) is 11.8 Å². The second kappa shape index (κ2) is 12.2. The van der Waals surface area contributed by atoms with E-state index in [1.807, 2.05) is 52.0 Å². The number of carbonyl (C=O) groups is 3. The molecule has 1 aromatic rings. The maximum Gasteiger partial charge on any atom is 0.247 e. The van der Waals surface area contributed by atoms with Crippen molar-refractivity contribution in [2.45, 2.75) is 81.5 Å². The molecule has 1 spiro atoms. The molecule has 0 aliphatic carbocycles. The molecule has 1 aromatic carbocycles. The number of anilines is 1. The lowest BCUT2D eigenvalue weighted by atomic mass is 9.66. The van der Waals surface area contributed by atoms with Gasteiger partial charge in [-0.1, -0.05) is 19.1 Å². The number of benzene rings is 1. The third kappa shape index (κ3) is 5.09. The van der Waals surface area contributed by atoms with Crippen LogP contribution in [0.2, 0.25) is 0 Å². The van der Waals surface area contributed by atoms with E-state index in [0.29, 0.717) is 38.2 Å². The Morgan fingerprint density at radius 3 is 2.34 bits per heavy atom. The Hall–Kier alpha value is -2.78. The Morgan fingerprint density at radius 2 is 1.80 bits per heavy atom. The van der Waals surface area contributed by atoms with E-state index < -0.39 is 33.4 Å². The molecule has 3 heterocycles. The Morgan fingerprint density at radius 1 is 1.15 bits per heavy atom. The zero-order valence-corrected chi connectivity index (χ0v) is 25.9. The van der Waals surface area contributed by atoms with Crippen LogP contribution in [-0.2, 0) is 14.4 Å². The number of rotatable bonds is 13. The summed E-state index contributed by atoms with van der Waals surface area (Å²) in [5.74, 6) is -1.05. The third-order valence-electron chi connectivity index (χ3n) is 9.06. The van der Waals surface area contributed by atoms with E-state index in [1.165, 1.54) is 0 Å². The first kappa shape index (κ1) is 31.2. The number of thioether (sulfide) groups is 1. The van der Waals surface area contributed by atoms with E-state index in [-0.39, 0.29) is 30.4 Å². The molecule has 3 aliphatic heterocycles. The van der Waals surface area contributed by atoms with Crippen molar-refractivity contribution < 1.29 is 24.2 Å². The normalized spacial score (nSPS) is 28.9. The van der Waals surface area contributed by atoms with Crippen LogP contribution in [0.3, 0.4) is 0 Å². The fourth-order valence-corrected chi connectivity index (χ4v) is 9.52. The Labute approximate surface area is 248 Å². The van der Waals surface area contributed by atoms with Crippen LogP contribution < -0.4 is 9.64 Å². The van der Waals surface area contributed by atoms with Crippen molar-refractivity contribution in [2.75, 3.05) is 31.2 Å². The molecule has 3 amide bonds. The molecule has 9 heteroatoms. The van der Waals surface area contributed by atoms with E-state index >= 15 is 0 Å². The molecular weight excluding hydrogens is 538 g/mol. The maximum atomic E-state index is 14.6. The lowest BCUT2D eigenvalue weighted by Crippen LogP contribution is -2.58. The minimum atomic E-state index is -0.762. The van der Waals surface area contributed by atoms with Gasteiger partial charge in [-0.15, -0.1) is 24.9 Å². The van der Waals surface area contributed by atoms with Crippen LogP contribution in [0.4, 0.5) is 5.69 Å². The number of ether oxygens (including phenoxy) is 1. The van der Waals surface area contributed by atoms with Crippen molar-refractivity contribution in [3.63, 3.8) is 0 Å². The number of hydrogen-bond donors (Lipinski definition) is 1. The van der Waals surface area contributed by atoms with Crippen molar-refractivity contribution in [1.82, 2.24) is 9.80 Å². The molecule has 1 N–H and O–H groups in total. The van der Waals surface area contributed by atoms with Crippen LogP contribution in [0.1, 0.15) is 53.9 Å². The van der Waals surface area contributed by atoms with Crippen molar-refractivity contribution >= 4 is 35.2 Å². The van der Waals surface area contributed by atoms with E-state index in [9.17, 15) is 19.5 Å². The zero-order chi connectivity index (χ0) is 30.1. The zero-order valence-electron chi connectivity index (χ0n) is 25.0. The first-order chi connectivity index (χ1) is 19.5. The summed E-state index contributed by atoms with van der Waals surface area (Å²) in [5, 5.41) is 10.3. The van der Waals surface area contributed by atoms with Crippen molar-refractivity contribution in [1.29, 1.82) is 0 Å². The van der Waals surface area contributed by atoms with E-state index in [2.05, 4.69) is 20.1 Å². The molecule has 8 nitrogen and oxygen atoms in total. The molecule has 224 valence electrons. The van der Waals surface area contributed by atoms with Gasteiger partial charge in [0.2, 0.25) is 17.7 Å². The van der Waals surface area contributed by atoms with Gasteiger partial charge in [-0.3, -0.25) is 14.4 Å². The third-order valence-corrected chi connectivity index (χ3v) is 11.0. The van der Waals surface area contributed by atoms with E-state index in [1.54, 1.807) is 38.6 Å². The lowest BCUT2D eigenvalue weighted by molar-refractivity contribution is -0.146. The molecule has 6 atom stereocenters. The molecule has 0 radical (unpaired) electrons. The van der Waals surface area contributed by atoms with Crippen LogP contribution >= 0.6 is 11.8 Å². The van der Waals surface area contributed by atoms with Gasteiger partial charge in [-0.2, -0.15) is 0 Å². The topological polar surface area (TPSA) is 90.4 Å². The fraction of sp³-hybridized carbons (Fsp3) is 0.594. The van der Waals surface area contributed by atoms with Crippen LogP contribution in [-0.4, -0.2) is 86.6 Å². The summed E-state index contributed by atoms with van der Waals surface area (Å²) in [7, 11) is 0. The molecule has 4 rings (SSSR count). The van der Waals surface area contributed by atoms with Crippen molar-refractivity contribution in [2.24, 2.45) is 11.8 Å². The first-order valence-corrected chi connectivity index (χ1v) is 15.6. The largest absolute Gasteiger partial charge is 0.494 e. The summed E-state index contributed by atoms with van der Waals surface area (Å²) >= 11 is 1.65. The Kier molecular flexibility index (Phi) is 9.29. The number of aliphatic hydroxyl groups is 1. The first-order valence-electron chi connectivity index (χ1n) is 14.7. The van der Waals surface area contributed by atoms with Crippen LogP contribution in [0.25, 0.3) is 0 Å². The smallest absolute Gasteiger partial charge is 0.247 e. The Balaban J connectivity index is 1.80. The number of likely N-dealkylation sites (tertiary alicyclic amines) is 1. The van der Waals surface area contributed by atoms with Crippen molar-refractivity contribution in [3.05, 3.63) is 49.6 Å². The van der Waals surface area contributed by atoms with E-state index in [0.717, 1.165) is 12.2 Å². The molecule has 3 fully saturated rings. The summed E-state index contributed by atoms with van der Waals surface area (Å²) in [6.07, 6.45) is 5.28. The fourth-order valence-electron chi connectivity index (χ4n) is 7.19. The van der Waals surface area contributed by atoms with Gasteiger partial charge in [-0.05, 0) is 71.2 Å². The minimum absolute atomic E-state index is 0.0959. The van der Waals surface area contributed by atoms with Gasteiger partial charge < -0.3 is 24.5 Å². The number of fused-ring (bicyclic) bond motifs is 1. The van der Waals surface area contributed by atoms with Crippen molar-refractivity contribution in [3.8, 4) is 5.75 Å². The minimum Gasteiger partial charge on any atom is -0.494 e. The summed E-state index contributed by atoms with van der Waals surface area (Å²) < 4.78 is 4.33. The summed E-state index contributed by atoms with van der Waals surface area (Å²) in [5.41, 5.74) is 0.706. The summed E-state index contributed by atoms with van der Waals surface area (Å²) in [6, 6.07) is 6.02. The molecule has 0 aromatic heterocycles. The number of amides is 3. The lowest BCUT2D eigenvalue weighted by Gasteiger charge is -2.40. The second-order valence-corrected chi connectivity index (χ2v) is 13.7. The standard InChI is InChI=1S/C32H45N3O5S/c1-8-18-33(21(5)6)30(39)27-32-17-16-31(7,41-32)25(26(32)29(38)35(27)22(10-3)20-36)28(37)34(19-9-2)23-12-14-24(15-13-23)40-11-4/h8-9,12-15,21-22,25-27,36H,1-2,10-11,16-20H2,3-7H3/t22-,25+,26-,27?,31-,32?/m0/s1. The van der Waals surface area contributed by atoms with Crippen LogP contribution in [0.5, 0.6) is 5.75 Å². The highest BCUT2D eigenvalue weighted by Gasteiger charge is 2.78. The van der Waals surface area contributed by atoms with Gasteiger partial charge in [-0.25, -0.2) is 0 Å². The van der Waals surface area contributed by atoms with E-state index in [4.69, 9.17) is 4.74 Å². The highest BCUT2D eigenvalue weighted by molar-refractivity contribution is 8.02. The molecule has 3 aliphatic rings. The predicted octanol–water partition coefficient (Wildman–Crippen LogP) is 4.28. The second-order valence-electron chi connectivity index (χ2n) is 11.8. The average molecular weight is 584 g/mol. The average Bonchev–Trinajstić information content (AvgIpc) is 3.52. The summed E-state index contributed by atoms with van der Waals surface area (Å²) in [6.45, 7) is 18.5. The molecule has 0 saturated carbocycles. The molecule has 2 bridgehead atoms. The monoisotopic (exact) mass is 583 g/mol. The molecule has 2 unspecified atom stereocenters. The number of carbonyl (C=O) groups excluding carboxylic acids is 3. The quantitative estimate of drug-likeness (QED) is 0.349. The number of nitrogens with zero attached hydrogens (tertiary/aromatic N) is 3. The highest BCUT2D eigenvalue weighted by Crippen LogP contribution is 2.72. The van der Waals surface area contributed by atoms with Crippen LogP contribution in [0.15, 0.2) is 49.6 Å². The predicted molar refractivity (Wildman–Crippen MR) is 164 cm³/mol. The van der Waals surface area contributed by atoms with Gasteiger partial charge in [0, 0.05) is 29.6 Å². The Bertz CT molecular complexity index is 1170. The highest BCUT2D eigenvalue weighted by atomic mass is 32.2.